The molecule has 0 amide bonds. The van der Waals surface area contributed by atoms with Crippen molar-refractivity contribution in [2.75, 3.05) is 0 Å². The Hall–Kier alpha value is 0.380. The van der Waals surface area contributed by atoms with E-state index in [0.717, 1.165) is 17.0 Å². The van der Waals surface area contributed by atoms with Crippen LogP contribution in [0.15, 0.2) is 18.2 Å². The molecular weight excluding hydrogens is 286 g/mol. The fourth-order valence-corrected chi connectivity index (χ4v) is 2.56. The molecule has 16 heavy (non-hydrogen) atoms. The monoisotopic (exact) mass is 298 g/mol. The van der Waals surface area contributed by atoms with Gasteiger partial charge >= 0.3 is 0 Å². The van der Waals surface area contributed by atoms with Crippen molar-refractivity contribution < 1.29 is 0 Å². The second-order valence-corrected chi connectivity index (χ2v) is 6.80. The maximum absolute atomic E-state index is 6.09. The SMILES string of the molecule is CCC(CC(Cl)(Cl)Cl)c1cccc(Cl)c1C. The molecule has 0 saturated carbocycles. The first-order valence-corrected chi connectivity index (χ1v) is 6.68. The predicted molar refractivity (Wildman–Crippen MR) is 74.1 cm³/mol. The van der Waals surface area contributed by atoms with Gasteiger partial charge in [0.1, 0.15) is 0 Å². The number of benzene rings is 1. The van der Waals surface area contributed by atoms with E-state index in [2.05, 4.69) is 6.92 Å². The third kappa shape index (κ3) is 4.00. The minimum Gasteiger partial charge on any atom is -0.0840 e. The average molecular weight is 300 g/mol. The van der Waals surface area contributed by atoms with Crippen LogP contribution in [0.5, 0.6) is 0 Å². The number of alkyl halides is 3. The topological polar surface area (TPSA) is 0 Å². The Kier molecular flexibility index (Phi) is 5.25. The maximum Gasteiger partial charge on any atom is 0.191 e. The van der Waals surface area contributed by atoms with E-state index < -0.39 is 3.79 Å². The summed E-state index contributed by atoms with van der Waals surface area (Å²) in [5.41, 5.74) is 2.24. The molecule has 0 spiro atoms. The minimum atomic E-state index is -1.21. The summed E-state index contributed by atoms with van der Waals surface area (Å²) >= 11 is 23.6. The molecule has 0 aliphatic heterocycles. The van der Waals surface area contributed by atoms with E-state index in [1.807, 2.05) is 25.1 Å². The summed E-state index contributed by atoms with van der Waals surface area (Å²) in [5, 5.41) is 0.764. The van der Waals surface area contributed by atoms with Crippen molar-refractivity contribution in [1.82, 2.24) is 0 Å². The number of rotatable bonds is 3. The molecule has 90 valence electrons. The van der Waals surface area contributed by atoms with Gasteiger partial charge < -0.3 is 0 Å². The zero-order valence-electron chi connectivity index (χ0n) is 9.24. The molecule has 0 fully saturated rings. The summed E-state index contributed by atoms with van der Waals surface area (Å²) in [6, 6.07) is 5.86. The summed E-state index contributed by atoms with van der Waals surface area (Å²) in [7, 11) is 0. The zero-order chi connectivity index (χ0) is 12.3. The molecule has 1 aromatic carbocycles. The summed E-state index contributed by atoms with van der Waals surface area (Å²) in [6.07, 6.45) is 1.43. The fraction of sp³-hybridized carbons (Fsp3) is 0.500. The molecule has 0 nitrogen and oxygen atoms in total. The molecule has 0 radical (unpaired) electrons. The van der Waals surface area contributed by atoms with Gasteiger partial charge in [0.2, 0.25) is 0 Å². The summed E-state index contributed by atoms with van der Waals surface area (Å²) in [6.45, 7) is 4.08. The van der Waals surface area contributed by atoms with Crippen LogP contribution >= 0.6 is 46.4 Å². The molecule has 1 aromatic rings. The Morgan fingerprint density at radius 2 is 1.88 bits per heavy atom. The van der Waals surface area contributed by atoms with Gasteiger partial charge in [0.15, 0.2) is 3.79 Å². The van der Waals surface area contributed by atoms with Crippen LogP contribution in [0.25, 0.3) is 0 Å². The zero-order valence-corrected chi connectivity index (χ0v) is 12.3. The van der Waals surface area contributed by atoms with Crippen LogP contribution < -0.4 is 0 Å². The van der Waals surface area contributed by atoms with Crippen molar-refractivity contribution in [3.05, 3.63) is 34.3 Å². The lowest BCUT2D eigenvalue weighted by molar-refractivity contribution is 0.612. The molecular formula is C12H14Cl4. The van der Waals surface area contributed by atoms with Crippen molar-refractivity contribution in [1.29, 1.82) is 0 Å². The molecule has 0 bridgehead atoms. The van der Waals surface area contributed by atoms with Crippen LogP contribution in [0, 0.1) is 6.92 Å². The fourth-order valence-electron chi connectivity index (χ4n) is 1.82. The quantitative estimate of drug-likeness (QED) is 0.609. The standard InChI is InChI=1S/C12H14Cl4/c1-3-9(7-12(14,15)16)10-5-4-6-11(13)8(10)2/h4-6,9H,3,7H2,1-2H3. The first kappa shape index (κ1) is 14.4. The lowest BCUT2D eigenvalue weighted by Crippen LogP contribution is -2.11. The van der Waals surface area contributed by atoms with Gasteiger partial charge in [-0.05, 0) is 36.5 Å². The van der Waals surface area contributed by atoms with Crippen LogP contribution in [0.1, 0.15) is 36.8 Å². The summed E-state index contributed by atoms with van der Waals surface area (Å²) < 4.78 is -1.21. The summed E-state index contributed by atoms with van der Waals surface area (Å²) in [4.78, 5) is 0. The number of hydrogen-bond acceptors (Lipinski definition) is 0. The van der Waals surface area contributed by atoms with Gasteiger partial charge in [0.05, 0.1) is 0 Å². The van der Waals surface area contributed by atoms with Crippen LogP contribution in [0.3, 0.4) is 0 Å². The molecule has 0 saturated heterocycles. The molecule has 0 N–H and O–H groups in total. The van der Waals surface area contributed by atoms with Gasteiger partial charge in [-0.3, -0.25) is 0 Å². The second kappa shape index (κ2) is 5.82. The van der Waals surface area contributed by atoms with Crippen molar-refractivity contribution in [2.24, 2.45) is 0 Å². The minimum absolute atomic E-state index is 0.228. The third-order valence-corrected chi connectivity index (χ3v) is 3.59. The lowest BCUT2D eigenvalue weighted by Gasteiger charge is -2.22. The van der Waals surface area contributed by atoms with Gasteiger partial charge in [0, 0.05) is 11.4 Å². The lowest BCUT2D eigenvalue weighted by atomic mass is 9.90. The first-order valence-electron chi connectivity index (χ1n) is 5.17. The Morgan fingerprint density at radius 1 is 1.25 bits per heavy atom. The van der Waals surface area contributed by atoms with Gasteiger partial charge in [-0.15, -0.1) is 0 Å². The van der Waals surface area contributed by atoms with Crippen LogP contribution in [-0.4, -0.2) is 3.79 Å². The molecule has 4 heteroatoms. The van der Waals surface area contributed by atoms with E-state index >= 15 is 0 Å². The van der Waals surface area contributed by atoms with Gasteiger partial charge in [0.25, 0.3) is 0 Å². The van der Waals surface area contributed by atoms with E-state index in [-0.39, 0.29) is 5.92 Å². The Bertz CT molecular complexity index is 355. The number of halogens is 4. The first-order chi connectivity index (χ1) is 7.35. The second-order valence-electron chi connectivity index (χ2n) is 3.88. The highest BCUT2D eigenvalue weighted by molar-refractivity contribution is 6.67. The van der Waals surface area contributed by atoms with E-state index in [1.54, 1.807) is 0 Å². The molecule has 0 aromatic heterocycles. The normalized spacial score (nSPS) is 13.9. The molecule has 1 unspecified atom stereocenters. The molecule has 0 heterocycles. The van der Waals surface area contributed by atoms with Crippen LogP contribution in [0.2, 0.25) is 5.02 Å². The Morgan fingerprint density at radius 3 is 2.38 bits per heavy atom. The van der Waals surface area contributed by atoms with Crippen LogP contribution in [0.4, 0.5) is 0 Å². The van der Waals surface area contributed by atoms with Crippen molar-refractivity contribution in [3.8, 4) is 0 Å². The van der Waals surface area contributed by atoms with Crippen molar-refractivity contribution >= 4 is 46.4 Å². The Balaban J connectivity index is 3.00. The average Bonchev–Trinajstić information content (AvgIpc) is 2.18. The van der Waals surface area contributed by atoms with Gasteiger partial charge in [-0.25, -0.2) is 0 Å². The third-order valence-electron chi connectivity index (χ3n) is 2.72. The van der Waals surface area contributed by atoms with Crippen molar-refractivity contribution in [3.63, 3.8) is 0 Å². The largest absolute Gasteiger partial charge is 0.191 e. The molecule has 0 aliphatic carbocycles. The maximum atomic E-state index is 6.09. The summed E-state index contributed by atoms with van der Waals surface area (Å²) in [5.74, 6) is 0.228. The van der Waals surface area contributed by atoms with E-state index in [4.69, 9.17) is 46.4 Å². The predicted octanol–water partition coefficient (Wildman–Crippen LogP) is 5.90. The van der Waals surface area contributed by atoms with Crippen molar-refractivity contribution in [2.45, 2.75) is 36.4 Å². The molecule has 1 rings (SSSR count). The van der Waals surface area contributed by atoms with E-state index in [0.29, 0.717) is 6.42 Å². The highest BCUT2D eigenvalue weighted by Crippen LogP contribution is 2.40. The van der Waals surface area contributed by atoms with Gasteiger partial charge in [-0.2, -0.15) is 0 Å². The smallest absolute Gasteiger partial charge is 0.0840 e. The van der Waals surface area contributed by atoms with E-state index in [1.165, 1.54) is 5.56 Å². The number of hydrogen-bond donors (Lipinski definition) is 0. The Labute approximate surface area is 117 Å². The molecule has 1 atom stereocenters. The van der Waals surface area contributed by atoms with E-state index in [9.17, 15) is 0 Å². The molecule has 0 aliphatic rings. The van der Waals surface area contributed by atoms with Crippen LogP contribution in [-0.2, 0) is 0 Å². The highest BCUT2D eigenvalue weighted by atomic mass is 35.6. The van der Waals surface area contributed by atoms with Gasteiger partial charge in [-0.1, -0.05) is 65.5 Å². The highest BCUT2D eigenvalue weighted by Gasteiger charge is 2.26.